The van der Waals surface area contributed by atoms with Gasteiger partial charge in [-0.1, -0.05) is 36.2 Å². The Morgan fingerprint density at radius 3 is 2.80 bits per heavy atom. The molecule has 1 heterocycles. The zero-order chi connectivity index (χ0) is 17.8. The van der Waals surface area contributed by atoms with Gasteiger partial charge in [0, 0.05) is 29.6 Å². The molecule has 0 saturated carbocycles. The first kappa shape index (κ1) is 17.8. The van der Waals surface area contributed by atoms with Crippen molar-refractivity contribution in [3.05, 3.63) is 58.9 Å². The number of ketones is 1. The number of quaternary nitrogens is 1. The van der Waals surface area contributed by atoms with Crippen molar-refractivity contribution in [2.75, 3.05) is 32.8 Å². The van der Waals surface area contributed by atoms with E-state index in [-0.39, 0.29) is 17.1 Å². The van der Waals surface area contributed by atoms with Gasteiger partial charge in [-0.15, -0.1) is 0 Å². The molecule has 1 aliphatic heterocycles. The summed E-state index contributed by atoms with van der Waals surface area (Å²) >= 11 is 1.48. The van der Waals surface area contributed by atoms with Gasteiger partial charge in [-0.25, -0.2) is 0 Å². The maximum Gasteiger partial charge on any atom is 0.207 e. The van der Waals surface area contributed by atoms with Crippen molar-refractivity contribution in [3.63, 3.8) is 0 Å². The van der Waals surface area contributed by atoms with E-state index in [1.54, 1.807) is 6.08 Å². The average molecular weight is 358 g/mol. The standard InChI is InChI=1S/C19H22N2O3S/c1-3-20-15-6-4-5-7-16(15)25-13(2)12-14-18(22)17(19(14)23)21-8-10-24-11-9-21/h4-7,12,20,22H,2-3,8-11H2,1H3/b14-12-. The van der Waals surface area contributed by atoms with Crippen molar-refractivity contribution in [2.24, 2.45) is 0 Å². The highest BCUT2D eigenvalue weighted by Crippen LogP contribution is 2.35. The summed E-state index contributed by atoms with van der Waals surface area (Å²) < 4.78 is 5.27. The predicted octanol–water partition coefficient (Wildman–Crippen LogP) is 0.920. The van der Waals surface area contributed by atoms with Crippen LogP contribution in [0.5, 0.6) is 0 Å². The van der Waals surface area contributed by atoms with Gasteiger partial charge in [-0.05, 0) is 19.1 Å². The quantitative estimate of drug-likeness (QED) is 0.465. The van der Waals surface area contributed by atoms with Crippen molar-refractivity contribution in [2.45, 2.75) is 11.8 Å². The number of rotatable bonds is 6. The fourth-order valence-electron chi connectivity index (χ4n) is 2.90. The molecule has 1 fully saturated rings. The summed E-state index contributed by atoms with van der Waals surface area (Å²) in [5, 5.41) is 14.5. The third-order valence-corrected chi connectivity index (χ3v) is 5.11. The molecule has 2 aliphatic rings. The SMILES string of the molecule is C=C(/C=C1\C(=O)C(N2CCOCC2)=C1[O-])Sc1ccccc1[NH2+]CC. The van der Waals surface area contributed by atoms with Gasteiger partial charge >= 0.3 is 0 Å². The zero-order valence-electron chi connectivity index (χ0n) is 14.3. The second kappa shape index (κ2) is 7.91. The Kier molecular flexibility index (Phi) is 5.63. The maximum absolute atomic E-state index is 12.4. The predicted molar refractivity (Wildman–Crippen MR) is 96.1 cm³/mol. The number of benzene rings is 1. The molecule has 0 spiro atoms. The summed E-state index contributed by atoms with van der Waals surface area (Å²) in [4.78, 5) is 16.0. The number of nitrogens with two attached hydrogens (primary N) is 1. The van der Waals surface area contributed by atoms with Gasteiger partial charge in [0.15, 0.2) is 0 Å². The number of hydrogen-bond donors (Lipinski definition) is 1. The van der Waals surface area contributed by atoms with Crippen LogP contribution in [0.15, 0.2) is 63.8 Å². The second-order valence-corrected chi connectivity index (χ2v) is 7.05. The lowest BCUT2D eigenvalue weighted by Gasteiger charge is -2.40. The number of para-hydroxylation sites is 1. The van der Waals surface area contributed by atoms with Gasteiger partial charge in [-0.3, -0.25) is 4.79 Å². The van der Waals surface area contributed by atoms with Crippen LogP contribution in [0.1, 0.15) is 6.92 Å². The van der Waals surface area contributed by atoms with Crippen LogP contribution in [-0.2, 0) is 9.53 Å². The molecule has 1 aromatic rings. The molecule has 25 heavy (non-hydrogen) atoms. The minimum absolute atomic E-state index is 0.179. The largest absolute Gasteiger partial charge is 0.870 e. The lowest BCUT2D eigenvalue weighted by atomic mass is 9.92. The van der Waals surface area contributed by atoms with Crippen LogP contribution in [0.2, 0.25) is 0 Å². The molecule has 0 amide bonds. The Morgan fingerprint density at radius 1 is 1.40 bits per heavy atom. The second-order valence-electron chi connectivity index (χ2n) is 5.88. The van der Waals surface area contributed by atoms with E-state index < -0.39 is 0 Å². The number of carbonyl (C=O) groups excluding carboxylic acids is 1. The number of nitrogens with zero attached hydrogens (tertiary/aromatic N) is 1. The van der Waals surface area contributed by atoms with Crippen molar-refractivity contribution in [1.82, 2.24) is 4.90 Å². The molecule has 0 unspecified atom stereocenters. The maximum atomic E-state index is 12.4. The Bertz CT molecular complexity index is 749. The van der Waals surface area contributed by atoms with Crippen LogP contribution in [0.4, 0.5) is 5.69 Å². The molecule has 2 N–H and O–H groups in total. The van der Waals surface area contributed by atoms with Crippen LogP contribution >= 0.6 is 11.8 Å². The van der Waals surface area contributed by atoms with E-state index in [2.05, 4.69) is 24.9 Å². The van der Waals surface area contributed by atoms with E-state index in [9.17, 15) is 9.90 Å². The molecule has 1 aliphatic carbocycles. The van der Waals surface area contributed by atoms with Crippen molar-refractivity contribution >= 4 is 23.2 Å². The van der Waals surface area contributed by atoms with Crippen molar-refractivity contribution < 1.29 is 20.0 Å². The minimum atomic E-state index is -0.179. The van der Waals surface area contributed by atoms with Crippen LogP contribution in [0, 0.1) is 0 Å². The smallest absolute Gasteiger partial charge is 0.207 e. The number of morpholine rings is 1. The molecule has 6 heteroatoms. The molecule has 0 radical (unpaired) electrons. The number of carbonyl (C=O) groups is 1. The molecule has 132 valence electrons. The summed E-state index contributed by atoms with van der Waals surface area (Å²) in [5.74, 6) is -0.357. The van der Waals surface area contributed by atoms with E-state index in [0.29, 0.717) is 36.9 Å². The average Bonchev–Trinajstić information content (AvgIpc) is 2.63. The lowest BCUT2D eigenvalue weighted by Crippen LogP contribution is -2.77. The molecule has 3 rings (SSSR count). The van der Waals surface area contributed by atoms with Crippen LogP contribution in [0.25, 0.3) is 0 Å². The summed E-state index contributed by atoms with van der Waals surface area (Å²) in [6.45, 7) is 9.33. The van der Waals surface area contributed by atoms with Gasteiger partial charge in [0.1, 0.15) is 5.69 Å². The monoisotopic (exact) mass is 358 g/mol. The van der Waals surface area contributed by atoms with Gasteiger partial charge in [-0.2, -0.15) is 0 Å². The third kappa shape index (κ3) is 3.81. The van der Waals surface area contributed by atoms with Gasteiger partial charge in [0.05, 0.1) is 30.4 Å². The molecular formula is C19H22N2O3S. The van der Waals surface area contributed by atoms with Gasteiger partial charge < -0.3 is 20.1 Å². The number of ether oxygens (including phenoxy) is 1. The van der Waals surface area contributed by atoms with Gasteiger partial charge in [0.2, 0.25) is 5.78 Å². The zero-order valence-corrected chi connectivity index (χ0v) is 15.1. The summed E-state index contributed by atoms with van der Waals surface area (Å²) in [6, 6.07) is 8.04. The number of hydrogen-bond acceptors (Lipinski definition) is 5. The highest BCUT2D eigenvalue weighted by molar-refractivity contribution is 8.03. The fraction of sp³-hybridized carbons (Fsp3) is 0.316. The highest BCUT2D eigenvalue weighted by atomic mass is 32.2. The Labute approximate surface area is 152 Å². The third-order valence-electron chi connectivity index (χ3n) is 4.14. The highest BCUT2D eigenvalue weighted by Gasteiger charge is 2.32. The van der Waals surface area contributed by atoms with Crippen LogP contribution < -0.4 is 10.4 Å². The topological polar surface area (TPSA) is 69.2 Å². The molecule has 0 bridgehead atoms. The molecule has 0 aromatic heterocycles. The number of Topliss-reactive ketones (excluding diaryl/α,β-unsaturated/α-hetero) is 1. The van der Waals surface area contributed by atoms with E-state index in [1.807, 2.05) is 23.1 Å². The Morgan fingerprint density at radius 2 is 2.12 bits per heavy atom. The molecule has 5 nitrogen and oxygen atoms in total. The molecule has 1 aromatic carbocycles. The summed E-state index contributed by atoms with van der Waals surface area (Å²) in [7, 11) is 0. The normalized spacial score (nSPS) is 19.3. The summed E-state index contributed by atoms with van der Waals surface area (Å²) in [5.41, 5.74) is 1.67. The van der Waals surface area contributed by atoms with Gasteiger partial charge in [0.25, 0.3) is 0 Å². The molecular weight excluding hydrogens is 336 g/mol. The number of allylic oxidation sites excluding steroid dienone is 3. The first-order valence-electron chi connectivity index (χ1n) is 8.41. The minimum Gasteiger partial charge on any atom is -0.870 e. The molecule has 0 atom stereocenters. The Balaban J connectivity index is 1.72. The van der Waals surface area contributed by atoms with Crippen LogP contribution in [-0.4, -0.2) is 43.5 Å². The number of thioether (sulfide) groups is 1. The van der Waals surface area contributed by atoms with E-state index in [1.165, 1.54) is 11.8 Å². The fourth-order valence-corrected chi connectivity index (χ4v) is 3.77. The van der Waals surface area contributed by atoms with Crippen LogP contribution in [0.3, 0.4) is 0 Å². The van der Waals surface area contributed by atoms with E-state index in [0.717, 1.165) is 17.1 Å². The summed E-state index contributed by atoms with van der Waals surface area (Å²) in [6.07, 6.45) is 1.61. The molecule has 1 saturated heterocycles. The first-order chi connectivity index (χ1) is 12.1. The first-order valence-corrected chi connectivity index (χ1v) is 9.23. The van der Waals surface area contributed by atoms with Crippen molar-refractivity contribution in [1.29, 1.82) is 0 Å². The lowest BCUT2D eigenvalue weighted by molar-refractivity contribution is -0.570. The van der Waals surface area contributed by atoms with E-state index >= 15 is 0 Å². The Hall–Kier alpha value is -2.02. The van der Waals surface area contributed by atoms with E-state index in [4.69, 9.17) is 4.74 Å². The van der Waals surface area contributed by atoms with Crippen molar-refractivity contribution in [3.8, 4) is 0 Å².